The van der Waals surface area contributed by atoms with Crippen LogP contribution in [0.3, 0.4) is 0 Å². The first kappa shape index (κ1) is 15.0. The normalized spacial score (nSPS) is 14.4. The lowest BCUT2D eigenvalue weighted by molar-refractivity contribution is 0.164. The molecule has 0 aliphatic heterocycles. The molecule has 1 heterocycles. The van der Waals surface area contributed by atoms with Gasteiger partial charge in [-0.1, -0.05) is 6.92 Å². The molecule has 1 rings (SSSR count). The van der Waals surface area contributed by atoms with E-state index in [1.807, 2.05) is 10.9 Å². The first-order valence-corrected chi connectivity index (χ1v) is 6.56. The summed E-state index contributed by atoms with van der Waals surface area (Å²) < 4.78 is 6.97. The van der Waals surface area contributed by atoms with Crippen molar-refractivity contribution in [3.63, 3.8) is 0 Å². The Kier molecular flexibility index (Phi) is 6.15. The first-order chi connectivity index (χ1) is 8.63. The van der Waals surface area contributed by atoms with Crippen molar-refractivity contribution in [3.8, 4) is 5.75 Å². The van der Waals surface area contributed by atoms with E-state index in [1.165, 1.54) is 0 Å². The number of aliphatic hydroxyl groups is 1. The second-order valence-corrected chi connectivity index (χ2v) is 4.85. The van der Waals surface area contributed by atoms with E-state index in [1.54, 1.807) is 13.3 Å². The van der Waals surface area contributed by atoms with Crippen LogP contribution in [0.25, 0.3) is 0 Å². The molecule has 0 amide bonds. The number of aliphatic hydroxyl groups excluding tert-OH is 1. The number of aromatic nitrogens is 2. The summed E-state index contributed by atoms with van der Waals surface area (Å²) in [6, 6.07) is 0. The number of aryl methyl sites for hydroxylation is 1. The van der Waals surface area contributed by atoms with Crippen molar-refractivity contribution in [1.29, 1.82) is 0 Å². The fourth-order valence-corrected chi connectivity index (χ4v) is 2.01. The van der Waals surface area contributed by atoms with Crippen LogP contribution in [0, 0.1) is 0 Å². The van der Waals surface area contributed by atoms with E-state index in [4.69, 9.17) is 4.74 Å². The Hall–Kier alpha value is -1.07. The molecule has 2 N–H and O–H groups in total. The fourth-order valence-electron chi connectivity index (χ4n) is 2.01. The number of ether oxygens (including phenoxy) is 1. The van der Waals surface area contributed by atoms with Crippen LogP contribution in [0.2, 0.25) is 0 Å². The molecular formula is C13H25N3O2. The minimum Gasteiger partial charge on any atom is -0.493 e. The van der Waals surface area contributed by atoms with Gasteiger partial charge in [0.25, 0.3) is 0 Å². The number of rotatable bonds is 9. The Bertz CT molecular complexity index is 341. The van der Waals surface area contributed by atoms with Gasteiger partial charge in [-0.25, -0.2) is 0 Å². The van der Waals surface area contributed by atoms with E-state index in [-0.39, 0.29) is 12.1 Å². The monoisotopic (exact) mass is 255 g/mol. The van der Waals surface area contributed by atoms with Crippen LogP contribution in [-0.2, 0) is 6.54 Å². The summed E-state index contributed by atoms with van der Waals surface area (Å²) >= 11 is 0. The van der Waals surface area contributed by atoms with Crippen molar-refractivity contribution in [2.45, 2.75) is 45.2 Å². The Labute approximate surface area is 109 Å². The van der Waals surface area contributed by atoms with E-state index in [9.17, 15) is 5.11 Å². The lowest BCUT2D eigenvalue weighted by Gasteiger charge is -2.28. The van der Waals surface area contributed by atoms with Crippen molar-refractivity contribution in [2.24, 2.45) is 0 Å². The quantitative estimate of drug-likeness (QED) is 0.655. The predicted molar refractivity (Wildman–Crippen MR) is 71.8 cm³/mol. The van der Waals surface area contributed by atoms with Crippen LogP contribution in [-0.4, -0.2) is 40.7 Å². The Morgan fingerprint density at radius 1 is 1.50 bits per heavy atom. The van der Waals surface area contributed by atoms with Crippen LogP contribution in [0.5, 0.6) is 5.75 Å². The molecule has 1 unspecified atom stereocenters. The highest BCUT2D eigenvalue weighted by Gasteiger charge is 2.20. The lowest BCUT2D eigenvalue weighted by atomic mass is 9.96. The largest absolute Gasteiger partial charge is 0.493 e. The van der Waals surface area contributed by atoms with Gasteiger partial charge in [-0.15, -0.1) is 0 Å². The van der Waals surface area contributed by atoms with Crippen molar-refractivity contribution >= 4 is 0 Å². The number of hydrogen-bond donors (Lipinski definition) is 2. The van der Waals surface area contributed by atoms with Gasteiger partial charge < -0.3 is 15.2 Å². The summed E-state index contributed by atoms with van der Waals surface area (Å²) in [7, 11) is 1.64. The van der Waals surface area contributed by atoms with Crippen LogP contribution in [0.4, 0.5) is 0 Å². The Morgan fingerprint density at radius 2 is 2.28 bits per heavy atom. The molecular weight excluding hydrogens is 230 g/mol. The van der Waals surface area contributed by atoms with E-state index in [2.05, 4.69) is 24.3 Å². The third-order valence-corrected chi connectivity index (χ3v) is 3.16. The molecule has 1 atom stereocenters. The fraction of sp³-hybridized carbons (Fsp3) is 0.769. The smallest absolute Gasteiger partial charge is 0.156 e. The maximum atomic E-state index is 9.37. The molecule has 1 aromatic heterocycles. The highest BCUT2D eigenvalue weighted by molar-refractivity contribution is 5.10. The minimum atomic E-state index is -0.156. The summed E-state index contributed by atoms with van der Waals surface area (Å²) in [4.78, 5) is 0. The minimum absolute atomic E-state index is 0.156. The van der Waals surface area contributed by atoms with Crippen molar-refractivity contribution in [3.05, 3.63) is 12.4 Å². The van der Waals surface area contributed by atoms with Gasteiger partial charge in [0.1, 0.15) is 0 Å². The molecule has 104 valence electrons. The average Bonchev–Trinajstić information content (AvgIpc) is 2.83. The van der Waals surface area contributed by atoms with Gasteiger partial charge in [-0.05, 0) is 32.7 Å². The molecule has 0 saturated carbocycles. The van der Waals surface area contributed by atoms with Crippen LogP contribution in [0.1, 0.15) is 33.1 Å². The van der Waals surface area contributed by atoms with Crippen molar-refractivity contribution < 1.29 is 9.84 Å². The molecule has 18 heavy (non-hydrogen) atoms. The summed E-state index contributed by atoms with van der Waals surface area (Å²) in [5.74, 6) is 0.794. The van der Waals surface area contributed by atoms with Gasteiger partial charge in [0.05, 0.1) is 26.1 Å². The summed E-state index contributed by atoms with van der Waals surface area (Å²) in [6.07, 6.45) is 6.69. The molecule has 5 heteroatoms. The summed E-state index contributed by atoms with van der Waals surface area (Å²) in [5, 5.41) is 16.9. The molecule has 5 nitrogen and oxygen atoms in total. The number of methoxy groups -OCH3 is 1. The third kappa shape index (κ3) is 4.66. The Morgan fingerprint density at radius 3 is 2.83 bits per heavy atom. The second-order valence-electron chi connectivity index (χ2n) is 4.85. The van der Waals surface area contributed by atoms with Gasteiger partial charge in [-0.3, -0.25) is 4.68 Å². The lowest BCUT2D eigenvalue weighted by Crippen LogP contribution is -2.45. The average molecular weight is 255 g/mol. The third-order valence-electron chi connectivity index (χ3n) is 3.16. The zero-order valence-corrected chi connectivity index (χ0v) is 11.6. The van der Waals surface area contributed by atoms with Gasteiger partial charge in [0, 0.05) is 12.1 Å². The standard InChI is InChI=1S/C13H25N3O2/c1-4-14-13(2,11-17)7-5-6-8-16-10-12(18-3)9-15-16/h9-10,14,17H,4-8,11H2,1-3H3. The summed E-state index contributed by atoms with van der Waals surface area (Å²) in [6.45, 7) is 6.07. The topological polar surface area (TPSA) is 59.3 Å². The van der Waals surface area contributed by atoms with Gasteiger partial charge in [0.15, 0.2) is 5.75 Å². The molecule has 0 bridgehead atoms. The molecule has 0 aromatic carbocycles. The maximum absolute atomic E-state index is 9.37. The highest BCUT2D eigenvalue weighted by Crippen LogP contribution is 2.14. The SMILES string of the molecule is CCNC(C)(CO)CCCCn1cc(OC)cn1. The van der Waals surface area contributed by atoms with Gasteiger partial charge in [0.2, 0.25) is 0 Å². The van der Waals surface area contributed by atoms with Crippen LogP contribution < -0.4 is 10.1 Å². The van der Waals surface area contributed by atoms with Crippen molar-refractivity contribution in [2.75, 3.05) is 20.3 Å². The molecule has 0 fully saturated rings. The number of hydrogen-bond acceptors (Lipinski definition) is 4. The van der Waals surface area contributed by atoms with Gasteiger partial charge in [-0.2, -0.15) is 5.10 Å². The molecule has 1 aromatic rings. The van der Waals surface area contributed by atoms with E-state index in [0.717, 1.165) is 38.1 Å². The molecule has 0 radical (unpaired) electrons. The van der Waals surface area contributed by atoms with Gasteiger partial charge >= 0.3 is 0 Å². The second kappa shape index (κ2) is 7.38. The summed E-state index contributed by atoms with van der Waals surface area (Å²) in [5.41, 5.74) is -0.156. The van der Waals surface area contributed by atoms with E-state index < -0.39 is 0 Å². The van der Waals surface area contributed by atoms with Crippen LogP contribution >= 0.6 is 0 Å². The van der Waals surface area contributed by atoms with Crippen LogP contribution in [0.15, 0.2) is 12.4 Å². The van der Waals surface area contributed by atoms with Crippen molar-refractivity contribution in [1.82, 2.24) is 15.1 Å². The maximum Gasteiger partial charge on any atom is 0.156 e. The zero-order valence-electron chi connectivity index (χ0n) is 11.6. The number of likely N-dealkylation sites (N-methyl/N-ethyl adjacent to an activating group) is 1. The predicted octanol–water partition coefficient (Wildman–Crippen LogP) is 1.42. The first-order valence-electron chi connectivity index (χ1n) is 6.56. The number of nitrogens with zero attached hydrogens (tertiary/aromatic N) is 2. The number of nitrogens with one attached hydrogen (secondary N) is 1. The zero-order chi connectivity index (χ0) is 13.4. The highest BCUT2D eigenvalue weighted by atomic mass is 16.5. The Balaban J connectivity index is 2.25. The molecule has 0 aliphatic rings. The number of unbranched alkanes of at least 4 members (excludes halogenated alkanes) is 1. The molecule has 0 aliphatic carbocycles. The molecule has 0 saturated heterocycles. The molecule has 0 spiro atoms. The van der Waals surface area contributed by atoms with E-state index in [0.29, 0.717) is 0 Å². The van der Waals surface area contributed by atoms with E-state index >= 15 is 0 Å².